The van der Waals surface area contributed by atoms with Crippen LogP contribution in [0.5, 0.6) is 5.75 Å². The van der Waals surface area contributed by atoms with E-state index in [-0.39, 0.29) is 17.1 Å². The number of carbonyl (C=O) groups excluding carboxylic acids is 2. The van der Waals surface area contributed by atoms with Crippen molar-refractivity contribution >= 4 is 38.4 Å². The molecule has 1 heterocycles. The van der Waals surface area contributed by atoms with Crippen molar-refractivity contribution in [3.63, 3.8) is 0 Å². The highest BCUT2D eigenvalue weighted by Gasteiger charge is 2.16. The van der Waals surface area contributed by atoms with Crippen LogP contribution in [0, 0.1) is 0 Å². The lowest BCUT2D eigenvalue weighted by molar-refractivity contribution is 0.0979. The van der Waals surface area contributed by atoms with E-state index in [0.29, 0.717) is 17.1 Å². The lowest BCUT2D eigenvalue weighted by atomic mass is 10.0. The second-order valence-electron chi connectivity index (χ2n) is 6.76. The number of phenols is 1. The molecule has 0 radical (unpaired) electrons. The van der Waals surface area contributed by atoms with Crippen LogP contribution in [0.15, 0.2) is 42.5 Å². The Kier molecular flexibility index (Phi) is 6.76. The Labute approximate surface area is 168 Å². The van der Waals surface area contributed by atoms with Crippen molar-refractivity contribution in [2.75, 3.05) is 5.32 Å². The van der Waals surface area contributed by atoms with Gasteiger partial charge in [-0.1, -0.05) is 56.1 Å². The minimum atomic E-state index is -0.478. The molecule has 146 valence electrons. The number of aromatic hydroxyl groups is 1. The Morgan fingerprint density at radius 1 is 1.07 bits per heavy atom. The Morgan fingerprint density at radius 2 is 1.86 bits per heavy atom. The molecule has 0 fully saturated rings. The van der Waals surface area contributed by atoms with Gasteiger partial charge in [-0.15, -0.1) is 0 Å². The summed E-state index contributed by atoms with van der Waals surface area (Å²) in [6.45, 7) is 2.16. The number of para-hydroxylation sites is 1. The molecule has 0 aliphatic heterocycles. The third kappa shape index (κ3) is 4.95. The van der Waals surface area contributed by atoms with Gasteiger partial charge in [0, 0.05) is 12.0 Å². The number of unbranched alkanes of at least 4 members (excludes halogenated alkanes) is 4. The van der Waals surface area contributed by atoms with E-state index < -0.39 is 5.91 Å². The van der Waals surface area contributed by atoms with Crippen molar-refractivity contribution in [1.29, 1.82) is 0 Å². The van der Waals surface area contributed by atoms with E-state index in [1.165, 1.54) is 36.3 Å². The molecule has 0 saturated carbocycles. The molecule has 3 aromatic rings. The summed E-state index contributed by atoms with van der Waals surface area (Å²) in [7, 11) is 0. The molecular weight excluding hydrogens is 372 g/mol. The monoisotopic (exact) mass is 396 g/mol. The molecule has 0 spiro atoms. The summed E-state index contributed by atoms with van der Waals surface area (Å²) in [6.07, 6.45) is 5.81. The third-order valence-electron chi connectivity index (χ3n) is 4.58. The summed E-state index contributed by atoms with van der Waals surface area (Å²) in [4.78, 5) is 29.4. The van der Waals surface area contributed by atoms with Crippen LogP contribution in [0.4, 0.5) is 5.13 Å². The number of benzene rings is 2. The van der Waals surface area contributed by atoms with E-state index in [4.69, 9.17) is 0 Å². The number of fused-ring (bicyclic) bond motifs is 1. The number of nitrogens with zero attached hydrogens (tertiary/aromatic N) is 1. The molecule has 6 heteroatoms. The van der Waals surface area contributed by atoms with Crippen molar-refractivity contribution < 1.29 is 14.7 Å². The Balaban J connectivity index is 1.68. The Hall–Kier alpha value is -2.73. The second-order valence-corrected chi connectivity index (χ2v) is 7.79. The Bertz CT molecular complexity index is 948. The SMILES string of the molecule is CCCCCCCC(=O)c1ccc(O)c(C(=O)Nc2nc3ccccc3s2)c1. The summed E-state index contributed by atoms with van der Waals surface area (Å²) < 4.78 is 0.967. The molecule has 3 rings (SSSR count). The van der Waals surface area contributed by atoms with Crippen molar-refractivity contribution in [1.82, 2.24) is 4.98 Å². The minimum absolute atomic E-state index is 0.00876. The zero-order valence-electron chi connectivity index (χ0n) is 15.9. The first kappa shape index (κ1) is 20.0. The number of anilines is 1. The highest BCUT2D eigenvalue weighted by atomic mass is 32.1. The van der Waals surface area contributed by atoms with Gasteiger partial charge in [-0.2, -0.15) is 0 Å². The largest absolute Gasteiger partial charge is 0.507 e. The molecule has 0 bridgehead atoms. The molecule has 0 atom stereocenters. The number of hydrogen-bond donors (Lipinski definition) is 2. The lowest BCUT2D eigenvalue weighted by Crippen LogP contribution is -2.13. The standard InChI is InChI=1S/C22H24N2O3S/c1-2-3-4-5-6-10-18(25)15-12-13-19(26)16(14-15)21(27)24-22-23-17-9-7-8-11-20(17)28-22/h7-9,11-14,26H,2-6,10H2,1H3,(H,23,24,27). The molecule has 2 N–H and O–H groups in total. The van der Waals surface area contributed by atoms with Gasteiger partial charge in [0.2, 0.25) is 0 Å². The average Bonchev–Trinajstić information content (AvgIpc) is 3.10. The number of ketones is 1. The maximum Gasteiger partial charge on any atom is 0.261 e. The van der Waals surface area contributed by atoms with Gasteiger partial charge in [-0.05, 0) is 36.8 Å². The van der Waals surface area contributed by atoms with Crippen LogP contribution in [0.2, 0.25) is 0 Å². The third-order valence-corrected chi connectivity index (χ3v) is 5.54. The number of phenolic OH excluding ortho intramolecular Hbond substituents is 1. The molecule has 0 saturated heterocycles. The van der Waals surface area contributed by atoms with Crippen LogP contribution in [-0.4, -0.2) is 21.8 Å². The maximum absolute atomic E-state index is 12.6. The molecule has 0 unspecified atom stereocenters. The quantitative estimate of drug-likeness (QED) is 0.354. The number of thiazole rings is 1. The maximum atomic E-state index is 12.6. The smallest absolute Gasteiger partial charge is 0.261 e. The van der Waals surface area contributed by atoms with Gasteiger partial charge in [0.15, 0.2) is 10.9 Å². The normalized spacial score (nSPS) is 10.9. The van der Waals surface area contributed by atoms with Crippen molar-refractivity contribution in [3.8, 4) is 5.75 Å². The van der Waals surface area contributed by atoms with Crippen molar-refractivity contribution in [2.45, 2.75) is 45.4 Å². The number of aromatic nitrogens is 1. The number of amides is 1. The van der Waals surface area contributed by atoms with Gasteiger partial charge < -0.3 is 5.11 Å². The predicted molar refractivity (Wildman–Crippen MR) is 113 cm³/mol. The second kappa shape index (κ2) is 9.46. The van der Waals surface area contributed by atoms with Crippen molar-refractivity contribution in [2.24, 2.45) is 0 Å². The summed E-state index contributed by atoms with van der Waals surface area (Å²) in [5, 5.41) is 13.3. The zero-order valence-corrected chi connectivity index (χ0v) is 16.7. The number of rotatable bonds is 9. The molecule has 5 nitrogen and oxygen atoms in total. The lowest BCUT2D eigenvalue weighted by Gasteiger charge is -2.07. The first-order valence-electron chi connectivity index (χ1n) is 9.61. The number of nitrogens with one attached hydrogen (secondary N) is 1. The average molecular weight is 397 g/mol. The summed E-state index contributed by atoms with van der Waals surface area (Å²) >= 11 is 1.36. The van der Waals surface area contributed by atoms with E-state index in [1.807, 2.05) is 24.3 Å². The fourth-order valence-electron chi connectivity index (χ4n) is 3.01. The summed E-state index contributed by atoms with van der Waals surface area (Å²) in [5.41, 5.74) is 1.33. The molecule has 0 aliphatic rings. The van der Waals surface area contributed by atoms with Gasteiger partial charge in [-0.25, -0.2) is 4.98 Å². The van der Waals surface area contributed by atoms with Gasteiger partial charge in [-0.3, -0.25) is 14.9 Å². The molecule has 28 heavy (non-hydrogen) atoms. The van der Waals surface area contributed by atoms with Crippen molar-refractivity contribution in [3.05, 3.63) is 53.6 Å². The van der Waals surface area contributed by atoms with Crippen LogP contribution in [0.1, 0.15) is 66.2 Å². The van der Waals surface area contributed by atoms with Crippen LogP contribution >= 0.6 is 11.3 Å². The van der Waals surface area contributed by atoms with E-state index in [0.717, 1.165) is 29.5 Å². The predicted octanol–water partition coefficient (Wildman–Crippen LogP) is 5.80. The highest BCUT2D eigenvalue weighted by molar-refractivity contribution is 7.22. The molecule has 0 aliphatic carbocycles. The van der Waals surface area contributed by atoms with Crippen LogP contribution in [-0.2, 0) is 0 Å². The van der Waals surface area contributed by atoms with Gasteiger partial charge >= 0.3 is 0 Å². The highest BCUT2D eigenvalue weighted by Crippen LogP contribution is 2.27. The Morgan fingerprint density at radius 3 is 2.64 bits per heavy atom. The number of carbonyl (C=O) groups is 2. The number of Topliss-reactive ketones (excluding diaryl/α,β-unsaturated/α-hetero) is 1. The molecule has 1 aromatic heterocycles. The van der Waals surface area contributed by atoms with E-state index in [2.05, 4.69) is 17.2 Å². The van der Waals surface area contributed by atoms with Gasteiger partial charge in [0.1, 0.15) is 5.75 Å². The van der Waals surface area contributed by atoms with E-state index in [9.17, 15) is 14.7 Å². The number of hydrogen-bond acceptors (Lipinski definition) is 5. The zero-order chi connectivity index (χ0) is 19.9. The van der Waals surface area contributed by atoms with Gasteiger partial charge in [0.05, 0.1) is 15.8 Å². The topological polar surface area (TPSA) is 79.3 Å². The van der Waals surface area contributed by atoms with E-state index >= 15 is 0 Å². The van der Waals surface area contributed by atoms with Crippen LogP contribution < -0.4 is 5.32 Å². The van der Waals surface area contributed by atoms with Crippen LogP contribution in [0.3, 0.4) is 0 Å². The molecule has 2 aromatic carbocycles. The summed E-state index contributed by atoms with van der Waals surface area (Å²) in [5.74, 6) is -0.641. The first-order chi connectivity index (χ1) is 13.6. The molecule has 1 amide bonds. The van der Waals surface area contributed by atoms with Gasteiger partial charge in [0.25, 0.3) is 5.91 Å². The first-order valence-corrected chi connectivity index (χ1v) is 10.4. The van der Waals surface area contributed by atoms with Crippen LogP contribution in [0.25, 0.3) is 10.2 Å². The molecular formula is C22H24N2O3S. The fraction of sp³-hybridized carbons (Fsp3) is 0.318. The summed E-state index contributed by atoms with van der Waals surface area (Å²) in [6, 6.07) is 12.0. The van der Waals surface area contributed by atoms with E-state index in [1.54, 1.807) is 6.07 Å². The fourth-order valence-corrected chi connectivity index (χ4v) is 3.88. The minimum Gasteiger partial charge on any atom is -0.507 e.